The fraction of sp³-hybridized carbons (Fsp3) is 0.235. The lowest BCUT2D eigenvalue weighted by Gasteiger charge is -2.20. The van der Waals surface area contributed by atoms with Crippen molar-refractivity contribution < 1.29 is 41.4 Å². The van der Waals surface area contributed by atoms with Gasteiger partial charge in [0.1, 0.15) is 5.75 Å². The van der Waals surface area contributed by atoms with Crippen molar-refractivity contribution in [3.63, 3.8) is 0 Å². The zero-order valence-corrected chi connectivity index (χ0v) is 15.0. The largest absolute Gasteiger partial charge is 0.573 e. The topological polar surface area (TPSA) is 104 Å². The minimum absolute atomic E-state index is 0.00827. The van der Waals surface area contributed by atoms with E-state index < -0.39 is 34.6 Å². The average Bonchev–Trinajstić information content (AvgIpc) is 2.65. The number of nitrogens with zero attached hydrogens (tertiary/aromatic N) is 1. The molecule has 0 aliphatic rings. The molecule has 0 heterocycles. The Morgan fingerprint density at radius 3 is 1.96 bits per heavy atom. The van der Waals surface area contributed by atoms with Crippen LogP contribution in [0.25, 0.3) is 11.1 Å². The van der Waals surface area contributed by atoms with E-state index in [0.717, 1.165) is 12.1 Å². The second-order valence-electron chi connectivity index (χ2n) is 5.70. The predicted molar refractivity (Wildman–Crippen MR) is 91.2 cm³/mol. The lowest BCUT2D eigenvalue weighted by atomic mass is 10.1. The molecule has 0 bridgehead atoms. The van der Waals surface area contributed by atoms with Crippen molar-refractivity contribution in [2.75, 3.05) is 12.4 Å². The third-order valence-corrected chi connectivity index (χ3v) is 5.55. The highest BCUT2D eigenvalue weighted by Crippen LogP contribution is 2.27. The lowest BCUT2D eigenvalue weighted by molar-refractivity contribution is -0.274. The molecule has 1 unspecified atom stereocenters. The van der Waals surface area contributed by atoms with Crippen molar-refractivity contribution >= 4 is 16.2 Å². The van der Waals surface area contributed by atoms with Gasteiger partial charge in [0.2, 0.25) is 6.41 Å². The summed E-state index contributed by atoms with van der Waals surface area (Å²) in [6, 6.07) is 9.20. The number of ether oxygens (including phenoxy) is 1. The van der Waals surface area contributed by atoms with E-state index in [1.54, 1.807) is 0 Å². The fourth-order valence-corrected chi connectivity index (χ4v) is 3.86. The van der Waals surface area contributed by atoms with Crippen molar-refractivity contribution in [1.82, 2.24) is 5.06 Å². The van der Waals surface area contributed by atoms with Crippen LogP contribution < -0.4 is 4.74 Å². The molecule has 0 fully saturated rings. The summed E-state index contributed by atoms with van der Waals surface area (Å²) in [7, 11) is -3.92. The molecule has 2 rings (SSSR count). The van der Waals surface area contributed by atoms with E-state index in [-0.39, 0.29) is 22.1 Å². The third kappa shape index (κ3) is 5.68. The van der Waals surface area contributed by atoms with Crippen molar-refractivity contribution in [2.45, 2.75) is 17.3 Å². The van der Waals surface area contributed by atoms with Crippen molar-refractivity contribution in [1.29, 1.82) is 0 Å². The van der Waals surface area contributed by atoms with Gasteiger partial charge in [-0.25, -0.2) is 13.5 Å². The second kappa shape index (κ2) is 8.59. The van der Waals surface area contributed by atoms with Crippen LogP contribution in [0.5, 0.6) is 5.75 Å². The summed E-state index contributed by atoms with van der Waals surface area (Å²) in [5.41, 5.74) is 1.09. The van der Waals surface area contributed by atoms with E-state index in [2.05, 4.69) is 4.74 Å². The van der Waals surface area contributed by atoms with Gasteiger partial charge in [-0.2, -0.15) is 0 Å². The molecule has 0 saturated carbocycles. The predicted octanol–water partition coefficient (Wildman–Crippen LogP) is 2.23. The summed E-state index contributed by atoms with van der Waals surface area (Å²) in [5.74, 6) is -1.07. The molecule has 0 aliphatic carbocycles. The summed E-state index contributed by atoms with van der Waals surface area (Å²) in [5, 5.41) is 18.5. The monoisotopic (exact) mass is 419 g/mol. The summed E-state index contributed by atoms with van der Waals surface area (Å²) in [6.07, 6.45) is -4.80. The fourth-order valence-electron chi connectivity index (χ4n) is 2.35. The number of halogens is 3. The maximum Gasteiger partial charge on any atom is 0.573 e. The van der Waals surface area contributed by atoms with Crippen LogP contribution in [-0.4, -0.2) is 55.0 Å². The summed E-state index contributed by atoms with van der Waals surface area (Å²) in [6.45, 7) is -0.751. The first-order valence-electron chi connectivity index (χ1n) is 7.78. The molecule has 1 amide bonds. The Morgan fingerprint density at radius 1 is 1.04 bits per heavy atom. The minimum Gasteiger partial charge on any atom is -0.406 e. The van der Waals surface area contributed by atoms with Crippen molar-refractivity contribution in [2.24, 2.45) is 0 Å². The van der Waals surface area contributed by atoms with E-state index in [0.29, 0.717) is 11.1 Å². The van der Waals surface area contributed by atoms with Gasteiger partial charge in [0.15, 0.2) is 9.84 Å². The molecule has 152 valence electrons. The number of alkyl halides is 3. The summed E-state index contributed by atoms with van der Waals surface area (Å²) < 4.78 is 65.0. The molecule has 7 nitrogen and oxygen atoms in total. The highest BCUT2D eigenvalue weighted by molar-refractivity contribution is 7.91. The van der Waals surface area contributed by atoms with Crippen LogP contribution in [0, 0.1) is 0 Å². The summed E-state index contributed by atoms with van der Waals surface area (Å²) >= 11 is 0. The Balaban J connectivity index is 2.17. The van der Waals surface area contributed by atoms with Gasteiger partial charge >= 0.3 is 6.36 Å². The quantitative estimate of drug-likeness (QED) is 0.386. The van der Waals surface area contributed by atoms with Crippen LogP contribution >= 0.6 is 0 Å². The van der Waals surface area contributed by atoms with Crippen LogP contribution in [0.1, 0.15) is 0 Å². The van der Waals surface area contributed by atoms with Gasteiger partial charge in [0.25, 0.3) is 0 Å². The van der Waals surface area contributed by atoms with Gasteiger partial charge in [0, 0.05) is 0 Å². The number of sulfone groups is 1. The molecule has 0 aromatic heterocycles. The SMILES string of the molecule is O=CN(O)C(CO)CS(=O)(=O)c1ccc(-c2ccc(OC(F)(F)F)cc2)cc1. The van der Waals surface area contributed by atoms with Gasteiger partial charge in [-0.1, -0.05) is 24.3 Å². The number of hydrogen-bond donors (Lipinski definition) is 2. The number of hydroxylamine groups is 2. The maximum atomic E-state index is 12.4. The van der Waals surface area contributed by atoms with Crippen molar-refractivity contribution in [3.05, 3.63) is 48.5 Å². The van der Waals surface area contributed by atoms with Crippen LogP contribution in [0.4, 0.5) is 13.2 Å². The molecule has 2 aromatic carbocycles. The minimum atomic E-state index is -4.79. The first-order chi connectivity index (χ1) is 13.1. The number of aliphatic hydroxyl groups is 1. The van der Waals surface area contributed by atoms with Gasteiger partial charge in [-0.3, -0.25) is 10.0 Å². The van der Waals surface area contributed by atoms with Crippen LogP contribution in [0.2, 0.25) is 0 Å². The van der Waals surface area contributed by atoms with Gasteiger partial charge in [-0.15, -0.1) is 13.2 Å². The van der Waals surface area contributed by atoms with Crippen LogP contribution in [0.3, 0.4) is 0 Å². The number of hydrogen-bond acceptors (Lipinski definition) is 6. The number of carbonyl (C=O) groups is 1. The maximum absolute atomic E-state index is 12.4. The Bertz CT molecular complexity index is 898. The molecule has 2 N–H and O–H groups in total. The molecular weight excluding hydrogens is 403 g/mol. The normalized spacial score (nSPS) is 13.0. The number of aliphatic hydroxyl groups excluding tert-OH is 1. The Hall–Kier alpha value is -2.63. The number of benzene rings is 2. The summed E-state index contributed by atoms with van der Waals surface area (Å²) in [4.78, 5) is 10.4. The number of amides is 1. The standard InChI is InChI=1S/C17H16F3NO6S/c18-17(19,20)27-15-5-1-12(2-6-15)13-3-7-16(8-4-13)28(25,26)10-14(9-22)21(24)11-23/h1-8,11,14,22,24H,9-10H2. The Kier molecular flexibility index (Phi) is 6.65. The molecule has 0 spiro atoms. The first kappa shape index (κ1) is 21.7. The molecule has 0 radical (unpaired) electrons. The Morgan fingerprint density at radius 2 is 1.54 bits per heavy atom. The zero-order chi connectivity index (χ0) is 20.9. The zero-order valence-electron chi connectivity index (χ0n) is 14.2. The molecule has 11 heteroatoms. The van der Waals surface area contributed by atoms with Crippen LogP contribution in [0.15, 0.2) is 53.4 Å². The number of carbonyl (C=O) groups excluding carboxylic acids is 1. The first-order valence-corrected chi connectivity index (χ1v) is 9.43. The molecule has 0 saturated heterocycles. The van der Waals surface area contributed by atoms with E-state index in [9.17, 15) is 31.6 Å². The highest BCUT2D eigenvalue weighted by Gasteiger charge is 2.31. The Labute approximate surface area is 158 Å². The average molecular weight is 419 g/mol. The van der Waals surface area contributed by atoms with E-state index in [1.807, 2.05) is 0 Å². The number of rotatable bonds is 8. The van der Waals surface area contributed by atoms with E-state index >= 15 is 0 Å². The molecule has 2 aromatic rings. The molecular formula is C17H16F3NO6S. The smallest absolute Gasteiger partial charge is 0.406 e. The van der Waals surface area contributed by atoms with E-state index in [4.69, 9.17) is 5.11 Å². The lowest BCUT2D eigenvalue weighted by Crippen LogP contribution is -2.39. The van der Waals surface area contributed by atoms with Gasteiger partial charge in [-0.05, 0) is 35.4 Å². The van der Waals surface area contributed by atoms with Crippen LogP contribution in [-0.2, 0) is 14.6 Å². The van der Waals surface area contributed by atoms with Gasteiger partial charge in [0.05, 0.1) is 23.3 Å². The second-order valence-corrected chi connectivity index (χ2v) is 7.73. The highest BCUT2D eigenvalue weighted by atomic mass is 32.2. The molecule has 0 aliphatic heterocycles. The molecule has 28 heavy (non-hydrogen) atoms. The third-order valence-electron chi connectivity index (χ3n) is 3.74. The van der Waals surface area contributed by atoms with Gasteiger partial charge < -0.3 is 9.84 Å². The molecule has 1 atom stereocenters. The van der Waals surface area contributed by atoms with E-state index in [1.165, 1.54) is 36.4 Å². The van der Waals surface area contributed by atoms with Crippen molar-refractivity contribution in [3.8, 4) is 16.9 Å².